The molecule has 2 fully saturated rings. The quantitative estimate of drug-likeness (QED) is 0.347. The zero-order valence-electron chi connectivity index (χ0n) is 20.7. The predicted molar refractivity (Wildman–Crippen MR) is 135 cm³/mol. The van der Waals surface area contributed by atoms with Crippen LogP contribution < -0.4 is 4.74 Å². The maximum atomic E-state index is 14.9. The highest BCUT2D eigenvalue weighted by molar-refractivity contribution is 6.30. The minimum atomic E-state index is -0.491. The van der Waals surface area contributed by atoms with Gasteiger partial charge in [-0.05, 0) is 61.1 Å². The molecule has 2 aromatic carbocycles. The van der Waals surface area contributed by atoms with Crippen LogP contribution in [0, 0.1) is 17.6 Å². The summed E-state index contributed by atoms with van der Waals surface area (Å²) >= 11 is 5.89. The Morgan fingerprint density at radius 2 is 1.75 bits per heavy atom. The van der Waals surface area contributed by atoms with Crippen molar-refractivity contribution in [2.24, 2.45) is 5.92 Å². The van der Waals surface area contributed by atoms with Crippen LogP contribution in [-0.4, -0.2) is 41.3 Å². The summed E-state index contributed by atoms with van der Waals surface area (Å²) in [5, 5.41) is 0.0981. The molecule has 0 bridgehead atoms. The van der Waals surface area contributed by atoms with E-state index in [1.165, 1.54) is 44.2 Å². The first kappa shape index (κ1) is 26.6. The Kier molecular flexibility index (Phi) is 8.96. The fourth-order valence-corrected chi connectivity index (χ4v) is 5.27. The Balaban J connectivity index is 1.43. The lowest BCUT2D eigenvalue weighted by Crippen LogP contribution is -2.33. The van der Waals surface area contributed by atoms with E-state index in [4.69, 9.17) is 16.3 Å². The second-order valence-corrected chi connectivity index (χ2v) is 10.2. The third-order valence-corrected chi connectivity index (χ3v) is 7.61. The summed E-state index contributed by atoms with van der Waals surface area (Å²) in [6.45, 7) is 3.56. The second-order valence-electron chi connectivity index (χ2n) is 9.84. The molecular weight excluding hydrogens is 486 g/mol. The topological polar surface area (TPSA) is 49.9 Å². The van der Waals surface area contributed by atoms with Gasteiger partial charge in [-0.25, -0.2) is 8.78 Å². The lowest BCUT2D eigenvalue weighted by atomic mass is 9.88. The highest BCUT2D eigenvalue weighted by atomic mass is 35.5. The van der Waals surface area contributed by atoms with Crippen LogP contribution in [0.15, 0.2) is 36.4 Å². The van der Waals surface area contributed by atoms with E-state index in [9.17, 15) is 18.4 Å². The smallest absolute Gasteiger partial charge is 0.229 e. The van der Waals surface area contributed by atoms with E-state index >= 15 is 0 Å². The van der Waals surface area contributed by atoms with Crippen molar-refractivity contribution in [2.75, 3.05) is 19.7 Å². The lowest BCUT2D eigenvalue weighted by molar-refractivity contribution is -0.138. The van der Waals surface area contributed by atoms with Gasteiger partial charge in [-0.3, -0.25) is 19.4 Å². The average Bonchev–Trinajstić information content (AvgIpc) is 3.19. The second kappa shape index (κ2) is 12.2. The SMILES string of the molecule is CC(c1ccc(Cl)c(F)c1)N(Cc1ccc(OCCN2C(=O)CCC2=O)c(F)c1)CC1CCCCC1. The molecule has 0 radical (unpaired) electrons. The molecule has 194 valence electrons. The van der Waals surface area contributed by atoms with Crippen LogP contribution in [0.4, 0.5) is 8.78 Å². The minimum Gasteiger partial charge on any atom is -0.489 e. The van der Waals surface area contributed by atoms with Crippen LogP contribution in [0.5, 0.6) is 5.75 Å². The molecule has 8 heteroatoms. The molecule has 0 aromatic heterocycles. The summed E-state index contributed by atoms with van der Waals surface area (Å²) in [6.07, 6.45) is 6.49. The zero-order chi connectivity index (χ0) is 25.7. The summed E-state index contributed by atoms with van der Waals surface area (Å²) in [6, 6.07) is 9.71. The molecule has 2 amide bonds. The monoisotopic (exact) mass is 518 g/mol. The zero-order valence-corrected chi connectivity index (χ0v) is 21.4. The molecule has 2 aliphatic rings. The van der Waals surface area contributed by atoms with E-state index in [0.717, 1.165) is 22.6 Å². The summed E-state index contributed by atoms with van der Waals surface area (Å²) in [5.41, 5.74) is 1.63. The number of carbonyl (C=O) groups excluding carboxylic acids is 2. The first-order valence-corrected chi connectivity index (χ1v) is 13.1. The highest BCUT2D eigenvalue weighted by Gasteiger charge is 2.28. The van der Waals surface area contributed by atoms with Crippen molar-refractivity contribution < 1.29 is 23.1 Å². The third kappa shape index (κ3) is 6.62. The van der Waals surface area contributed by atoms with Gasteiger partial charge in [-0.1, -0.05) is 43.0 Å². The number of amides is 2. The summed E-state index contributed by atoms with van der Waals surface area (Å²) in [5.74, 6) is -0.719. The molecule has 2 aromatic rings. The Morgan fingerprint density at radius 1 is 1.03 bits per heavy atom. The molecule has 1 saturated heterocycles. The van der Waals surface area contributed by atoms with Gasteiger partial charge in [0, 0.05) is 32.0 Å². The van der Waals surface area contributed by atoms with E-state index < -0.39 is 11.6 Å². The maximum Gasteiger partial charge on any atom is 0.229 e. The summed E-state index contributed by atoms with van der Waals surface area (Å²) in [4.78, 5) is 26.9. The van der Waals surface area contributed by atoms with Crippen molar-refractivity contribution in [3.8, 4) is 5.75 Å². The lowest BCUT2D eigenvalue weighted by Gasteiger charge is -2.34. The van der Waals surface area contributed by atoms with Gasteiger partial charge in [0.2, 0.25) is 11.8 Å². The number of carbonyl (C=O) groups is 2. The van der Waals surface area contributed by atoms with Gasteiger partial charge in [0.25, 0.3) is 0 Å². The molecule has 1 heterocycles. The standard InChI is InChI=1S/C28H33ClF2N2O3/c1-19(22-8-9-23(29)24(30)16-22)32(17-20-5-3-2-4-6-20)18-21-7-10-26(25(31)15-21)36-14-13-33-27(34)11-12-28(33)35/h7-10,15-16,19-20H,2-6,11-14,17-18H2,1H3. The van der Waals surface area contributed by atoms with Gasteiger partial charge in [-0.15, -0.1) is 0 Å². The van der Waals surface area contributed by atoms with Gasteiger partial charge >= 0.3 is 0 Å². The number of hydrogen-bond acceptors (Lipinski definition) is 4. The first-order valence-electron chi connectivity index (χ1n) is 12.7. The number of halogens is 3. The highest BCUT2D eigenvalue weighted by Crippen LogP contribution is 2.31. The van der Waals surface area contributed by atoms with Crippen molar-refractivity contribution >= 4 is 23.4 Å². The van der Waals surface area contributed by atoms with E-state index in [1.807, 2.05) is 19.1 Å². The van der Waals surface area contributed by atoms with Crippen molar-refractivity contribution in [1.29, 1.82) is 0 Å². The van der Waals surface area contributed by atoms with Gasteiger partial charge in [-0.2, -0.15) is 0 Å². The van der Waals surface area contributed by atoms with Crippen LogP contribution >= 0.6 is 11.6 Å². The van der Waals surface area contributed by atoms with Gasteiger partial charge < -0.3 is 4.74 Å². The van der Waals surface area contributed by atoms with Crippen molar-refractivity contribution in [1.82, 2.24) is 9.80 Å². The van der Waals surface area contributed by atoms with Crippen molar-refractivity contribution in [2.45, 2.75) is 64.5 Å². The van der Waals surface area contributed by atoms with E-state index in [2.05, 4.69) is 4.90 Å². The normalized spacial score (nSPS) is 17.8. The molecule has 1 saturated carbocycles. The molecule has 1 aliphatic carbocycles. The third-order valence-electron chi connectivity index (χ3n) is 7.30. The number of nitrogens with zero attached hydrogens (tertiary/aromatic N) is 2. The van der Waals surface area contributed by atoms with Crippen LogP contribution in [0.2, 0.25) is 5.02 Å². The Morgan fingerprint density at radius 3 is 2.42 bits per heavy atom. The number of likely N-dealkylation sites (tertiary alicyclic amines) is 1. The minimum absolute atomic E-state index is 0.0424. The number of benzene rings is 2. The summed E-state index contributed by atoms with van der Waals surface area (Å²) < 4.78 is 34.6. The molecule has 0 N–H and O–H groups in total. The molecule has 1 unspecified atom stereocenters. The Hall–Kier alpha value is -2.51. The molecular formula is C28H33ClF2N2O3. The maximum absolute atomic E-state index is 14.9. The van der Waals surface area contributed by atoms with Crippen LogP contribution in [0.3, 0.4) is 0 Å². The van der Waals surface area contributed by atoms with E-state index in [0.29, 0.717) is 12.5 Å². The Bertz CT molecular complexity index is 1070. The molecule has 1 aliphatic heterocycles. The fourth-order valence-electron chi connectivity index (χ4n) is 5.16. The number of ether oxygens (including phenoxy) is 1. The van der Waals surface area contributed by atoms with Crippen molar-refractivity contribution in [3.63, 3.8) is 0 Å². The van der Waals surface area contributed by atoms with E-state index in [-0.39, 0.29) is 54.6 Å². The number of imide groups is 1. The largest absolute Gasteiger partial charge is 0.489 e. The van der Waals surface area contributed by atoms with Gasteiger partial charge in [0.05, 0.1) is 11.6 Å². The predicted octanol–water partition coefficient (Wildman–Crippen LogP) is 6.29. The number of rotatable bonds is 10. The average molecular weight is 519 g/mol. The van der Waals surface area contributed by atoms with Crippen LogP contribution in [-0.2, 0) is 16.1 Å². The fraction of sp³-hybridized carbons (Fsp3) is 0.500. The first-order chi connectivity index (χ1) is 17.3. The molecule has 36 heavy (non-hydrogen) atoms. The molecule has 5 nitrogen and oxygen atoms in total. The van der Waals surface area contributed by atoms with Crippen molar-refractivity contribution in [3.05, 3.63) is 64.2 Å². The molecule has 1 atom stereocenters. The van der Waals surface area contributed by atoms with Crippen LogP contribution in [0.25, 0.3) is 0 Å². The van der Waals surface area contributed by atoms with Gasteiger partial charge in [0.1, 0.15) is 12.4 Å². The van der Waals surface area contributed by atoms with Crippen LogP contribution in [0.1, 0.15) is 69.0 Å². The molecule has 4 rings (SSSR count). The Labute approximate surface area is 216 Å². The van der Waals surface area contributed by atoms with E-state index in [1.54, 1.807) is 12.1 Å². The number of hydrogen-bond donors (Lipinski definition) is 0. The summed E-state index contributed by atoms with van der Waals surface area (Å²) in [7, 11) is 0. The molecule has 0 spiro atoms. The van der Waals surface area contributed by atoms with Gasteiger partial charge in [0.15, 0.2) is 11.6 Å².